The molecule has 1 N–H and O–H groups in total. The van der Waals surface area contributed by atoms with Crippen LogP contribution in [0.15, 0.2) is 0 Å². The van der Waals surface area contributed by atoms with Gasteiger partial charge in [-0.25, -0.2) is 8.42 Å². The summed E-state index contributed by atoms with van der Waals surface area (Å²) in [6.45, 7) is 1.75. The van der Waals surface area contributed by atoms with E-state index in [1.807, 2.05) is 0 Å². The summed E-state index contributed by atoms with van der Waals surface area (Å²) in [6, 6.07) is 0.224. The zero-order chi connectivity index (χ0) is 13.9. The smallest absolute Gasteiger partial charge is 0.223 e. The highest BCUT2D eigenvalue weighted by Gasteiger charge is 2.30. The van der Waals surface area contributed by atoms with E-state index < -0.39 is 9.84 Å². The van der Waals surface area contributed by atoms with Crippen molar-refractivity contribution in [2.24, 2.45) is 0 Å². The van der Waals surface area contributed by atoms with Gasteiger partial charge in [0.15, 0.2) is 9.84 Å². The van der Waals surface area contributed by atoms with Crippen LogP contribution in [0.3, 0.4) is 0 Å². The van der Waals surface area contributed by atoms with Crippen molar-refractivity contribution in [2.45, 2.75) is 49.8 Å². The minimum absolute atomic E-state index is 0. The maximum atomic E-state index is 12.1. The molecule has 2 aliphatic rings. The van der Waals surface area contributed by atoms with Gasteiger partial charge in [0.05, 0.1) is 11.0 Å². The van der Waals surface area contributed by atoms with Gasteiger partial charge < -0.3 is 10.2 Å². The Morgan fingerprint density at radius 1 is 1.25 bits per heavy atom. The number of carbonyl (C=O) groups is 1. The number of likely N-dealkylation sites (N-methyl/N-ethyl adjacent to an activating group) is 1. The van der Waals surface area contributed by atoms with Crippen LogP contribution in [-0.2, 0) is 14.6 Å². The van der Waals surface area contributed by atoms with Crippen LogP contribution in [-0.4, -0.2) is 56.4 Å². The number of sulfone groups is 1. The molecule has 1 saturated carbocycles. The van der Waals surface area contributed by atoms with Crippen molar-refractivity contribution >= 4 is 28.2 Å². The molecule has 0 bridgehead atoms. The second kappa shape index (κ2) is 7.61. The number of nitrogens with zero attached hydrogens (tertiary/aromatic N) is 1. The highest BCUT2D eigenvalue weighted by atomic mass is 35.5. The van der Waals surface area contributed by atoms with Crippen molar-refractivity contribution in [2.75, 3.05) is 25.9 Å². The van der Waals surface area contributed by atoms with Gasteiger partial charge in [0.25, 0.3) is 0 Å². The minimum atomic E-state index is -3.08. The predicted molar refractivity (Wildman–Crippen MR) is 82.0 cm³/mol. The molecular formula is C13H25ClN2O3S. The van der Waals surface area contributed by atoms with Crippen LogP contribution in [0.4, 0.5) is 0 Å². The summed E-state index contributed by atoms with van der Waals surface area (Å²) in [5.74, 6) is -0.0312. The fraction of sp³-hybridized carbons (Fsp3) is 0.923. The maximum Gasteiger partial charge on any atom is 0.223 e. The van der Waals surface area contributed by atoms with Gasteiger partial charge >= 0.3 is 0 Å². The molecule has 5 nitrogen and oxygen atoms in total. The SMILES string of the molecule is CN(C(=O)CCS(=O)(=O)C1CCCC1)C1CCNC1.Cl. The van der Waals surface area contributed by atoms with E-state index in [4.69, 9.17) is 0 Å². The minimum Gasteiger partial charge on any atom is -0.341 e. The van der Waals surface area contributed by atoms with Gasteiger partial charge in [0.2, 0.25) is 5.91 Å². The number of amides is 1. The van der Waals surface area contributed by atoms with Gasteiger partial charge in [-0.3, -0.25) is 4.79 Å². The first-order valence-electron chi connectivity index (χ1n) is 7.18. The molecule has 0 aromatic rings. The van der Waals surface area contributed by atoms with Gasteiger partial charge in [-0.2, -0.15) is 0 Å². The Labute approximate surface area is 127 Å². The molecule has 0 radical (unpaired) electrons. The second-order valence-corrected chi connectivity index (χ2v) is 8.08. The standard InChI is InChI=1S/C13H24N2O3S.ClH/c1-15(11-6-8-14-10-11)13(16)7-9-19(17,18)12-4-2-3-5-12;/h11-12,14H,2-10H2,1H3;1H. The lowest BCUT2D eigenvalue weighted by atomic mass is 10.2. The number of halogens is 1. The lowest BCUT2D eigenvalue weighted by Crippen LogP contribution is -2.39. The topological polar surface area (TPSA) is 66.5 Å². The Morgan fingerprint density at radius 3 is 2.45 bits per heavy atom. The molecule has 0 spiro atoms. The molecule has 20 heavy (non-hydrogen) atoms. The van der Waals surface area contributed by atoms with Crippen LogP contribution in [0, 0.1) is 0 Å². The Bertz CT molecular complexity index is 415. The van der Waals surface area contributed by atoms with Crippen molar-refractivity contribution in [1.29, 1.82) is 0 Å². The van der Waals surface area contributed by atoms with Crippen LogP contribution in [0.25, 0.3) is 0 Å². The zero-order valence-electron chi connectivity index (χ0n) is 12.0. The molecule has 7 heteroatoms. The van der Waals surface area contributed by atoms with Crippen LogP contribution in [0.2, 0.25) is 0 Å². The van der Waals surface area contributed by atoms with E-state index in [1.165, 1.54) is 0 Å². The molecule has 1 unspecified atom stereocenters. The lowest BCUT2D eigenvalue weighted by Gasteiger charge is -2.24. The van der Waals surface area contributed by atoms with Gasteiger partial charge in [0.1, 0.15) is 0 Å². The van der Waals surface area contributed by atoms with Crippen molar-refractivity contribution in [3.8, 4) is 0 Å². The second-order valence-electron chi connectivity index (χ2n) is 5.67. The maximum absolute atomic E-state index is 12.1. The average Bonchev–Trinajstić information content (AvgIpc) is 3.06. The molecule has 2 fully saturated rings. The molecule has 0 aromatic carbocycles. The summed E-state index contributed by atoms with van der Waals surface area (Å²) in [7, 11) is -1.30. The first-order chi connectivity index (χ1) is 9.00. The number of nitrogens with one attached hydrogen (secondary N) is 1. The Kier molecular flexibility index (Phi) is 6.75. The van der Waals surface area contributed by atoms with Crippen molar-refractivity contribution in [3.05, 3.63) is 0 Å². The van der Waals surface area contributed by atoms with E-state index in [2.05, 4.69) is 5.32 Å². The van der Waals surface area contributed by atoms with Crippen LogP contribution in [0.1, 0.15) is 38.5 Å². The zero-order valence-corrected chi connectivity index (χ0v) is 13.6. The molecule has 1 saturated heterocycles. The van der Waals surface area contributed by atoms with Gasteiger partial charge in [-0.1, -0.05) is 12.8 Å². The first-order valence-corrected chi connectivity index (χ1v) is 8.90. The van der Waals surface area contributed by atoms with Gasteiger partial charge in [-0.05, 0) is 25.8 Å². The van der Waals surface area contributed by atoms with Crippen LogP contribution in [0.5, 0.6) is 0 Å². The number of hydrogen-bond donors (Lipinski definition) is 1. The largest absolute Gasteiger partial charge is 0.341 e. The molecule has 1 aliphatic heterocycles. The van der Waals surface area contributed by atoms with E-state index in [0.717, 1.165) is 45.2 Å². The van der Waals surface area contributed by atoms with E-state index in [9.17, 15) is 13.2 Å². The Balaban J connectivity index is 0.00000200. The fourth-order valence-corrected chi connectivity index (χ4v) is 4.84. The number of hydrogen-bond acceptors (Lipinski definition) is 4. The molecule has 1 heterocycles. The third-order valence-corrected chi connectivity index (χ3v) is 6.65. The van der Waals surface area contributed by atoms with Gasteiger partial charge in [-0.15, -0.1) is 12.4 Å². The van der Waals surface area contributed by atoms with Crippen molar-refractivity contribution < 1.29 is 13.2 Å². The quantitative estimate of drug-likeness (QED) is 0.818. The summed E-state index contributed by atoms with van der Waals surface area (Å²) in [6.07, 6.45) is 4.65. The summed E-state index contributed by atoms with van der Waals surface area (Å²) in [4.78, 5) is 13.7. The monoisotopic (exact) mass is 324 g/mol. The highest BCUT2D eigenvalue weighted by molar-refractivity contribution is 7.92. The molecule has 1 atom stereocenters. The third-order valence-electron chi connectivity index (χ3n) is 4.39. The molecule has 118 valence electrons. The average molecular weight is 325 g/mol. The van der Waals surface area contributed by atoms with Crippen molar-refractivity contribution in [1.82, 2.24) is 10.2 Å². The van der Waals surface area contributed by atoms with Crippen LogP contribution >= 0.6 is 12.4 Å². The highest BCUT2D eigenvalue weighted by Crippen LogP contribution is 2.25. The van der Waals surface area contributed by atoms with E-state index >= 15 is 0 Å². The fourth-order valence-electron chi connectivity index (χ4n) is 2.99. The summed E-state index contributed by atoms with van der Waals surface area (Å²) in [5.41, 5.74) is 0. The van der Waals surface area contributed by atoms with E-state index in [1.54, 1.807) is 11.9 Å². The molecule has 1 aliphatic carbocycles. The molecule has 0 aromatic heterocycles. The Morgan fingerprint density at radius 2 is 1.90 bits per heavy atom. The van der Waals surface area contributed by atoms with E-state index in [0.29, 0.717) is 0 Å². The predicted octanol–water partition coefficient (Wildman–Crippen LogP) is 0.976. The third kappa shape index (κ3) is 4.33. The number of rotatable bonds is 5. The molecular weight excluding hydrogens is 300 g/mol. The number of carbonyl (C=O) groups excluding carboxylic acids is 1. The normalized spacial score (nSPS) is 23.6. The first kappa shape index (κ1) is 17.7. The summed E-state index contributed by atoms with van der Waals surface area (Å²) >= 11 is 0. The molecule has 2 rings (SSSR count). The molecule has 1 amide bonds. The summed E-state index contributed by atoms with van der Waals surface area (Å²) in [5, 5.41) is 3.02. The van der Waals surface area contributed by atoms with Gasteiger partial charge in [0, 0.05) is 26.1 Å². The lowest BCUT2D eigenvalue weighted by molar-refractivity contribution is -0.131. The Hall–Kier alpha value is -0.330. The van der Waals surface area contributed by atoms with Crippen molar-refractivity contribution in [3.63, 3.8) is 0 Å². The van der Waals surface area contributed by atoms with E-state index in [-0.39, 0.29) is 41.8 Å². The van der Waals surface area contributed by atoms with Crippen LogP contribution < -0.4 is 5.32 Å². The summed E-state index contributed by atoms with van der Waals surface area (Å²) < 4.78 is 24.2.